The highest BCUT2D eigenvalue weighted by Gasteiger charge is 2.37. The van der Waals surface area contributed by atoms with E-state index in [4.69, 9.17) is 5.11 Å². The summed E-state index contributed by atoms with van der Waals surface area (Å²) in [4.78, 5) is 24.5. The maximum Gasteiger partial charge on any atom is 0.308 e. The van der Waals surface area contributed by atoms with Gasteiger partial charge in [-0.1, -0.05) is 6.92 Å². The monoisotopic (exact) mass is 283 g/mol. The predicted octanol–water partition coefficient (Wildman–Crippen LogP) is 2.07. The van der Waals surface area contributed by atoms with Crippen LogP contribution in [0, 0.1) is 30.4 Å². The zero-order chi connectivity index (χ0) is 15.0. The van der Waals surface area contributed by atoms with Gasteiger partial charge in [0, 0.05) is 19.2 Å². The number of likely N-dealkylation sites (tertiary alicyclic amines) is 1. The Morgan fingerprint density at radius 2 is 1.90 bits per heavy atom. The zero-order valence-electron chi connectivity index (χ0n) is 11.2. The summed E-state index contributed by atoms with van der Waals surface area (Å²) in [5.41, 5.74) is -0.0427. The van der Waals surface area contributed by atoms with Gasteiger partial charge in [-0.05, 0) is 24.5 Å². The molecule has 2 rings (SSSR count). The third kappa shape index (κ3) is 2.50. The summed E-state index contributed by atoms with van der Waals surface area (Å²) in [6, 6.07) is 1.84. The smallest absolute Gasteiger partial charge is 0.308 e. The molecule has 0 saturated carbocycles. The van der Waals surface area contributed by atoms with E-state index in [2.05, 4.69) is 0 Å². The van der Waals surface area contributed by atoms with Crippen LogP contribution in [0.15, 0.2) is 12.1 Å². The van der Waals surface area contributed by atoms with Crippen LogP contribution < -0.4 is 0 Å². The Kier molecular flexibility index (Phi) is 3.74. The number of carboxylic acid groups (broad SMARTS) is 1. The van der Waals surface area contributed by atoms with E-state index in [0.29, 0.717) is 6.07 Å². The minimum atomic E-state index is -0.969. The van der Waals surface area contributed by atoms with E-state index in [1.54, 1.807) is 6.92 Å². The Morgan fingerprint density at radius 1 is 1.25 bits per heavy atom. The van der Waals surface area contributed by atoms with Crippen LogP contribution in [0.3, 0.4) is 0 Å². The topological polar surface area (TPSA) is 57.6 Å². The van der Waals surface area contributed by atoms with Crippen molar-refractivity contribution >= 4 is 11.9 Å². The zero-order valence-corrected chi connectivity index (χ0v) is 11.2. The molecule has 108 valence electrons. The van der Waals surface area contributed by atoms with E-state index < -0.39 is 29.4 Å². The summed E-state index contributed by atoms with van der Waals surface area (Å²) in [5.74, 6) is -4.05. The van der Waals surface area contributed by atoms with E-state index >= 15 is 0 Å². The number of halogens is 2. The van der Waals surface area contributed by atoms with E-state index in [1.165, 1.54) is 11.8 Å². The van der Waals surface area contributed by atoms with Crippen molar-refractivity contribution in [2.75, 3.05) is 13.1 Å². The number of nitrogens with zero attached hydrogens (tertiary/aromatic N) is 1. The van der Waals surface area contributed by atoms with E-state index in [-0.39, 0.29) is 30.1 Å². The third-order valence-corrected chi connectivity index (χ3v) is 3.70. The van der Waals surface area contributed by atoms with Crippen molar-refractivity contribution in [3.63, 3.8) is 0 Å². The van der Waals surface area contributed by atoms with Gasteiger partial charge in [0.1, 0.15) is 11.6 Å². The summed E-state index contributed by atoms with van der Waals surface area (Å²) < 4.78 is 26.9. The van der Waals surface area contributed by atoms with E-state index in [9.17, 15) is 18.4 Å². The lowest BCUT2D eigenvalue weighted by molar-refractivity contribution is -0.142. The molecule has 20 heavy (non-hydrogen) atoms. The fourth-order valence-corrected chi connectivity index (χ4v) is 2.45. The predicted molar refractivity (Wildman–Crippen MR) is 67.3 cm³/mol. The number of amides is 1. The Morgan fingerprint density at radius 3 is 2.45 bits per heavy atom. The maximum absolute atomic E-state index is 13.7. The normalized spacial score (nSPS) is 22.1. The molecule has 6 heteroatoms. The fourth-order valence-electron chi connectivity index (χ4n) is 2.45. The van der Waals surface area contributed by atoms with Gasteiger partial charge >= 0.3 is 5.97 Å². The lowest BCUT2D eigenvalue weighted by Crippen LogP contribution is -2.30. The van der Waals surface area contributed by atoms with E-state index in [1.807, 2.05) is 0 Å². The number of rotatable bonds is 2. The van der Waals surface area contributed by atoms with Crippen molar-refractivity contribution in [3.05, 3.63) is 34.9 Å². The third-order valence-electron chi connectivity index (χ3n) is 3.70. The molecule has 0 spiro atoms. The molecule has 0 unspecified atom stereocenters. The van der Waals surface area contributed by atoms with Crippen molar-refractivity contribution < 1.29 is 23.5 Å². The van der Waals surface area contributed by atoms with Crippen molar-refractivity contribution in [2.45, 2.75) is 13.8 Å². The van der Waals surface area contributed by atoms with Crippen LogP contribution in [0.5, 0.6) is 0 Å². The first-order valence-electron chi connectivity index (χ1n) is 6.29. The van der Waals surface area contributed by atoms with Crippen LogP contribution in [0.1, 0.15) is 22.8 Å². The molecule has 1 fully saturated rings. The standard InChI is InChI=1S/C14H15F2NO3/c1-7-3-9(12(16)4-11(7)15)13(18)17-5-8(2)10(6-17)14(19)20/h3-4,8,10H,5-6H2,1-2H3,(H,19,20)/t8-,10-/m1/s1. The SMILES string of the molecule is Cc1cc(C(=O)N2C[C@@H](C)[C@H](C(=O)O)C2)c(F)cc1F. The molecule has 1 aliphatic rings. The van der Waals surface area contributed by atoms with Gasteiger partial charge in [-0.3, -0.25) is 9.59 Å². The number of hydrogen-bond donors (Lipinski definition) is 1. The average molecular weight is 283 g/mol. The first-order valence-corrected chi connectivity index (χ1v) is 6.29. The molecule has 1 aromatic rings. The molecule has 0 aliphatic carbocycles. The van der Waals surface area contributed by atoms with Gasteiger partial charge in [0.25, 0.3) is 5.91 Å². The fraction of sp³-hybridized carbons (Fsp3) is 0.429. The van der Waals surface area contributed by atoms with Crippen LogP contribution in [0.2, 0.25) is 0 Å². The second-order valence-electron chi connectivity index (χ2n) is 5.21. The quantitative estimate of drug-likeness (QED) is 0.904. The molecule has 4 nitrogen and oxygen atoms in total. The summed E-state index contributed by atoms with van der Waals surface area (Å²) in [7, 11) is 0. The minimum absolute atomic E-state index is 0.0468. The lowest BCUT2D eigenvalue weighted by atomic mass is 9.99. The molecule has 1 aromatic carbocycles. The molecular formula is C14H15F2NO3. The van der Waals surface area contributed by atoms with Crippen molar-refractivity contribution in [1.82, 2.24) is 4.90 Å². The highest BCUT2D eigenvalue weighted by Crippen LogP contribution is 2.26. The molecule has 0 radical (unpaired) electrons. The highest BCUT2D eigenvalue weighted by atomic mass is 19.1. The van der Waals surface area contributed by atoms with Crippen molar-refractivity contribution in [1.29, 1.82) is 0 Å². The minimum Gasteiger partial charge on any atom is -0.481 e. The van der Waals surface area contributed by atoms with Crippen molar-refractivity contribution in [2.24, 2.45) is 11.8 Å². The number of hydrogen-bond acceptors (Lipinski definition) is 2. The molecule has 1 N–H and O–H groups in total. The molecule has 0 aromatic heterocycles. The van der Waals surface area contributed by atoms with Crippen LogP contribution >= 0.6 is 0 Å². The number of carbonyl (C=O) groups excluding carboxylic acids is 1. The Labute approximate surface area is 115 Å². The van der Waals surface area contributed by atoms with Gasteiger partial charge in [-0.25, -0.2) is 8.78 Å². The van der Waals surface area contributed by atoms with Crippen LogP contribution in [0.4, 0.5) is 8.78 Å². The van der Waals surface area contributed by atoms with Gasteiger partial charge < -0.3 is 10.0 Å². The molecular weight excluding hydrogens is 268 g/mol. The second kappa shape index (κ2) is 5.19. The maximum atomic E-state index is 13.7. The van der Waals surface area contributed by atoms with Gasteiger partial charge in [-0.15, -0.1) is 0 Å². The molecule has 1 heterocycles. The lowest BCUT2D eigenvalue weighted by Gasteiger charge is -2.16. The Hall–Kier alpha value is -1.98. The number of carbonyl (C=O) groups is 2. The average Bonchev–Trinajstić information content (AvgIpc) is 2.75. The molecule has 2 atom stereocenters. The van der Waals surface area contributed by atoms with Gasteiger partial charge in [-0.2, -0.15) is 0 Å². The number of aryl methyl sites for hydroxylation is 1. The molecule has 1 saturated heterocycles. The second-order valence-corrected chi connectivity index (χ2v) is 5.21. The number of carboxylic acids is 1. The number of benzene rings is 1. The number of aliphatic carboxylic acids is 1. The van der Waals surface area contributed by atoms with Crippen LogP contribution in [-0.4, -0.2) is 35.0 Å². The summed E-state index contributed by atoms with van der Waals surface area (Å²) in [6.45, 7) is 3.48. The summed E-state index contributed by atoms with van der Waals surface area (Å²) >= 11 is 0. The van der Waals surface area contributed by atoms with Gasteiger partial charge in [0.2, 0.25) is 0 Å². The van der Waals surface area contributed by atoms with Crippen LogP contribution in [-0.2, 0) is 4.79 Å². The first-order chi connectivity index (χ1) is 9.31. The largest absolute Gasteiger partial charge is 0.481 e. The van der Waals surface area contributed by atoms with Crippen LogP contribution in [0.25, 0.3) is 0 Å². The Balaban J connectivity index is 2.25. The van der Waals surface area contributed by atoms with Gasteiger partial charge in [0.15, 0.2) is 0 Å². The first kappa shape index (κ1) is 14.4. The Bertz CT molecular complexity index is 574. The molecule has 1 amide bonds. The summed E-state index contributed by atoms with van der Waals surface area (Å²) in [6.07, 6.45) is 0. The molecule has 0 bridgehead atoms. The summed E-state index contributed by atoms with van der Waals surface area (Å²) in [5, 5.41) is 9.03. The van der Waals surface area contributed by atoms with E-state index in [0.717, 1.165) is 6.07 Å². The van der Waals surface area contributed by atoms with Crippen molar-refractivity contribution in [3.8, 4) is 0 Å². The van der Waals surface area contributed by atoms with Gasteiger partial charge in [0.05, 0.1) is 11.5 Å². The molecule has 1 aliphatic heterocycles. The highest BCUT2D eigenvalue weighted by molar-refractivity contribution is 5.95.